The number of aromatic nitrogens is 3. The Morgan fingerprint density at radius 2 is 1.54 bits per heavy atom. The average Bonchev–Trinajstić information content (AvgIpc) is 2.68. The molecule has 0 fully saturated rings. The largest absolute Gasteiger partial charge is 0.340 e. The Morgan fingerprint density at radius 1 is 0.750 bits per heavy atom. The number of nitrogens with one attached hydrogen (secondary N) is 2. The molecule has 0 bridgehead atoms. The number of para-hydroxylation sites is 1. The molecule has 2 aromatic carbocycles. The number of fused-ring (bicyclic) bond motifs is 1. The predicted molar refractivity (Wildman–Crippen MR) is 115 cm³/mol. The Morgan fingerprint density at radius 3 is 2.32 bits per heavy atom. The van der Waals surface area contributed by atoms with E-state index in [1.165, 1.54) is 5.56 Å². The van der Waals surface area contributed by atoms with Gasteiger partial charge in [0.2, 0.25) is 5.95 Å². The summed E-state index contributed by atoms with van der Waals surface area (Å²) in [6, 6.07) is 20.3. The minimum Gasteiger partial charge on any atom is -0.340 e. The van der Waals surface area contributed by atoms with Crippen molar-refractivity contribution < 1.29 is 0 Å². The highest BCUT2D eigenvalue weighted by molar-refractivity contribution is 5.91. The number of pyridine rings is 1. The van der Waals surface area contributed by atoms with Crippen molar-refractivity contribution in [3.05, 3.63) is 78.6 Å². The number of benzene rings is 2. The molecule has 0 aliphatic carbocycles. The lowest BCUT2D eigenvalue weighted by Crippen LogP contribution is -2.10. The van der Waals surface area contributed by atoms with Crippen LogP contribution in [0.3, 0.4) is 0 Å². The van der Waals surface area contributed by atoms with Crippen molar-refractivity contribution in [3.63, 3.8) is 0 Å². The normalized spacial score (nSPS) is 11.4. The fourth-order valence-corrected chi connectivity index (χ4v) is 3.02. The fourth-order valence-electron chi connectivity index (χ4n) is 3.02. The molecule has 4 aromatic rings. The molecule has 0 atom stereocenters. The van der Waals surface area contributed by atoms with Gasteiger partial charge in [0, 0.05) is 23.5 Å². The van der Waals surface area contributed by atoms with E-state index in [-0.39, 0.29) is 5.41 Å². The van der Waals surface area contributed by atoms with Crippen molar-refractivity contribution >= 4 is 34.0 Å². The molecule has 0 amide bonds. The molecule has 0 radical (unpaired) electrons. The Bertz CT molecular complexity index is 1090. The summed E-state index contributed by atoms with van der Waals surface area (Å²) in [6.45, 7) is 6.62. The first-order chi connectivity index (χ1) is 13.5. The van der Waals surface area contributed by atoms with Crippen molar-refractivity contribution in [2.24, 2.45) is 0 Å². The summed E-state index contributed by atoms with van der Waals surface area (Å²) in [5, 5.41) is 7.69. The van der Waals surface area contributed by atoms with E-state index in [0.29, 0.717) is 5.95 Å². The third-order valence-electron chi connectivity index (χ3n) is 4.56. The molecule has 0 saturated heterocycles. The molecule has 0 unspecified atom stereocenters. The van der Waals surface area contributed by atoms with E-state index in [1.54, 1.807) is 12.4 Å². The summed E-state index contributed by atoms with van der Waals surface area (Å²) in [5.74, 6) is 1.25. The van der Waals surface area contributed by atoms with Crippen molar-refractivity contribution in [2.45, 2.75) is 26.2 Å². The van der Waals surface area contributed by atoms with Crippen LogP contribution in [0.4, 0.5) is 23.1 Å². The lowest BCUT2D eigenvalue weighted by atomic mass is 9.87. The number of hydrogen-bond acceptors (Lipinski definition) is 5. The molecule has 0 aliphatic rings. The molecule has 0 saturated carbocycles. The topological polar surface area (TPSA) is 62.7 Å². The van der Waals surface area contributed by atoms with Crippen LogP contribution in [0.1, 0.15) is 26.3 Å². The van der Waals surface area contributed by atoms with Gasteiger partial charge in [0.05, 0.1) is 11.2 Å². The molecule has 5 heteroatoms. The van der Waals surface area contributed by atoms with E-state index in [1.807, 2.05) is 36.4 Å². The smallest absolute Gasteiger partial charge is 0.229 e. The van der Waals surface area contributed by atoms with Crippen molar-refractivity contribution in [1.82, 2.24) is 15.0 Å². The number of nitrogens with zero attached hydrogens (tertiary/aromatic N) is 3. The molecule has 2 N–H and O–H groups in total. The van der Waals surface area contributed by atoms with Gasteiger partial charge in [-0.05, 0) is 41.3 Å². The van der Waals surface area contributed by atoms with Gasteiger partial charge in [-0.1, -0.05) is 51.1 Å². The molecule has 2 aromatic heterocycles. The van der Waals surface area contributed by atoms with E-state index in [9.17, 15) is 0 Å². The summed E-state index contributed by atoms with van der Waals surface area (Å²) < 4.78 is 0. The maximum Gasteiger partial charge on any atom is 0.229 e. The van der Waals surface area contributed by atoms with Crippen LogP contribution >= 0.6 is 0 Å². The lowest BCUT2D eigenvalue weighted by Gasteiger charge is -2.19. The predicted octanol–water partition coefficient (Wildman–Crippen LogP) is 5.81. The van der Waals surface area contributed by atoms with E-state index in [0.717, 1.165) is 28.1 Å². The minimum atomic E-state index is 0.136. The highest BCUT2D eigenvalue weighted by Crippen LogP contribution is 2.26. The Balaban J connectivity index is 1.55. The summed E-state index contributed by atoms with van der Waals surface area (Å²) >= 11 is 0. The van der Waals surface area contributed by atoms with Gasteiger partial charge in [-0.25, -0.2) is 4.98 Å². The number of hydrogen-bond donors (Lipinski definition) is 2. The maximum atomic E-state index is 4.58. The van der Waals surface area contributed by atoms with Crippen LogP contribution < -0.4 is 10.6 Å². The number of anilines is 4. The third kappa shape index (κ3) is 3.93. The maximum absolute atomic E-state index is 4.58. The first kappa shape index (κ1) is 17.9. The second-order valence-electron chi connectivity index (χ2n) is 7.72. The van der Waals surface area contributed by atoms with E-state index in [4.69, 9.17) is 0 Å². The second-order valence-corrected chi connectivity index (χ2v) is 7.72. The van der Waals surface area contributed by atoms with Gasteiger partial charge in [0.25, 0.3) is 0 Å². The van der Waals surface area contributed by atoms with E-state index < -0.39 is 0 Å². The molecule has 0 aliphatic heterocycles. The molecular weight excluding hydrogens is 346 g/mol. The molecule has 2 heterocycles. The van der Waals surface area contributed by atoms with Crippen molar-refractivity contribution in [2.75, 3.05) is 10.6 Å². The zero-order valence-electron chi connectivity index (χ0n) is 16.3. The van der Waals surface area contributed by atoms with Crippen LogP contribution in [0.25, 0.3) is 10.9 Å². The zero-order chi connectivity index (χ0) is 19.6. The van der Waals surface area contributed by atoms with Gasteiger partial charge in [0.1, 0.15) is 5.82 Å². The first-order valence-corrected chi connectivity index (χ1v) is 9.30. The standard InChI is InChI=1S/C23H23N5/c1-23(2,3)17-9-11-18(12-10-17)26-20-13-15-25-22(28-20)27-19-8-4-6-16-7-5-14-24-21(16)19/h4-15H,1-3H3,(H2,25,26,27,28). The van der Waals surface area contributed by atoms with Crippen LogP contribution in [0, 0.1) is 0 Å². The lowest BCUT2D eigenvalue weighted by molar-refractivity contribution is 0.590. The molecule has 0 spiro atoms. The number of rotatable bonds is 4. The Labute approximate surface area is 164 Å². The van der Waals surface area contributed by atoms with Crippen molar-refractivity contribution in [1.29, 1.82) is 0 Å². The highest BCUT2D eigenvalue weighted by Gasteiger charge is 2.13. The average molecular weight is 369 g/mol. The molecule has 5 nitrogen and oxygen atoms in total. The summed E-state index contributed by atoms with van der Waals surface area (Å²) in [5.41, 5.74) is 4.20. The fraction of sp³-hybridized carbons (Fsp3) is 0.174. The van der Waals surface area contributed by atoms with Crippen molar-refractivity contribution in [3.8, 4) is 0 Å². The molecule has 4 rings (SSSR count). The summed E-state index contributed by atoms with van der Waals surface area (Å²) in [7, 11) is 0. The van der Waals surface area contributed by atoms with Crippen LogP contribution in [0.2, 0.25) is 0 Å². The Kier molecular flexibility index (Phi) is 4.65. The van der Waals surface area contributed by atoms with Gasteiger partial charge in [-0.2, -0.15) is 4.98 Å². The van der Waals surface area contributed by atoms with Gasteiger partial charge < -0.3 is 10.6 Å². The second kappa shape index (κ2) is 7.27. The summed E-state index contributed by atoms with van der Waals surface area (Å²) in [6.07, 6.45) is 3.52. The SMILES string of the molecule is CC(C)(C)c1ccc(Nc2ccnc(Nc3cccc4cccnc34)n2)cc1. The third-order valence-corrected chi connectivity index (χ3v) is 4.56. The summed E-state index contributed by atoms with van der Waals surface area (Å²) in [4.78, 5) is 13.4. The first-order valence-electron chi connectivity index (χ1n) is 9.30. The highest BCUT2D eigenvalue weighted by atomic mass is 15.1. The molecule has 28 heavy (non-hydrogen) atoms. The van der Waals surface area contributed by atoms with Gasteiger partial charge in [0.15, 0.2) is 0 Å². The quantitative estimate of drug-likeness (QED) is 0.475. The zero-order valence-corrected chi connectivity index (χ0v) is 16.3. The van der Waals surface area contributed by atoms with E-state index in [2.05, 4.69) is 70.6 Å². The van der Waals surface area contributed by atoms with Crippen LogP contribution in [-0.4, -0.2) is 15.0 Å². The minimum absolute atomic E-state index is 0.136. The van der Waals surface area contributed by atoms with Gasteiger partial charge in [-0.15, -0.1) is 0 Å². The monoisotopic (exact) mass is 369 g/mol. The molecular formula is C23H23N5. The van der Waals surface area contributed by atoms with E-state index >= 15 is 0 Å². The van der Waals surface area contributed by atoms with Crippen LogP contribution in [-0.2, 0) is 5.41 Å². The van der Waals surface area contributed by atoms with Crippen LogP contribution in [0.15, 0.2) is 73.1 Å². The molecule has 140 valence electrons. The Hall–Kier alpha value is -3.47. The van der Waals surface area contributed by atoms with Crippen LogP contribution in [0.5, 0.6) is 0 Å². The van der Waals surface area contributed by atoms with Gasteiger partial charge in [-0.3, -0.25) is 4.98 Å². The van der Waals surface area contributed by atoms with Gasteiger partial charge >= 0.3 is 0 Å².